The molecule has 0 spiro atoms. The molecule has 1 aliphatic rings. The number of carbonyl (C=O) groups excluding carboxylic acids is 1. The first kappa shape index (κ1) is 17.4. The summed E-state index contributed by atoms with van der Waals surface area (Å²) in [6.07, 6.45) is 0.0673. The Labute approximate surface area is 134 Å². The predicted octanol–water partition coefficient (Wildman–Crippen LogP) is 3.15. The van der Waals surface area contributed by atoms with E-state index in [0.29, 0.717) is 16.5 Å². The maximum atomic E-state index is 11.9. The Balaban J connectivity index is 0.00000200. The standard InChI is InChI=1S/C13H17ClN2O2S.ClH/c1-8(2)18-12-4-3-9(5-10(12)14)16-13(17)11-6-19-7-15-11;/h3-5,8,11,15H,6-7H2,1-2H3,(H,16,17);1H. The second-order valence-electron chi connectivity index (χ2n) is 4.57. The van der Waals surface area contributed by atoms with Gasteiger partial charge in [-0.1, -0.05) is 11.6 Å². The molecular weight excluding hydrogens is 319 g/mol. The fourth-order valence-electron chi connectivity index (χ4n) is 1.72. The van der Waals surface area contributed by atoms with Crippen LogP contribution in [0.2, 0.25) is 5.02 Å². The Morgan fingerprint density at radius 2 is 2.30 bits per heavy atom. The summed E-state index contributed by atoms with van der Waals surface area (Å²) in [4.78, 5) is 11.9. The number of anilines is 1. The van der Waals surface area contributed by atoms with Gasteiger partial charge < -0.3 is 10.1 Å². The molecule has 1 heterocycles. The van der Waals surface area contributed by atoms with E-state index in [2.05, 4.69) is 10.6 Å². The number of thioether (sulfide) groups is 1. The maximum absolute atomic E-state index is 11.9. The van der Waals surface area contributed by atoms with Crippen LogP contribution < -0.4 is 15.4 Å². The molecule has 1 saturated heterocycles. The summed E-state index contributed by atoms with van der Waals surface area (Å²) in [5.74, 6) is 2.22. The topological polar surface area (TPSA) is 50.4 Å². The van der Waals surface area contributed by atoms with Crippen molar-refractivity contribution < 1.29 is 9.53 Å². The van der Waals surface area contributed by atoms with Crippen molar-refractivity contribution in [3.63, 3.8) is 0 Å². The first-order chi connectivity index (χ1) is 9.06. The van der Waals surface area contributed by atoms with Gasteiger partial charge in [-0.25, -0.2) is 0 Å². The molecule has 0 aliphatic carbocycles. The minimum Gasteiger partial charge on any atom is -0.489 e. The van der Waals surface area contributed by atoms with Crippen molar-refractivity contribution in [2.75, 3.05) is 16.9 Å². The van der Waals surface area contributed by atoms with Crippen LogP contribution in [0, 0.1) is 0 Å². The Morgan fingerprint density at radius 1 is 1.55 bits per heavy atom. The lowest BCUT2D eigenvalue weighted by atomic mass is 10.2. The van der Waals surface area contributed by atoms with Crippen molar-refractivity contribution in [2.24, 2.45) is 0 Å². The number of rotatable bonds is 4. The van der Waals surface area contributed by atoms with Gasteiger partial charge in [0.15, 0.2) is 0 Å². The lowest BCUT2D eigenvalue weighted by Gasteiger charge is -2.14. The average molecular weight is 337 g/mol. The smallest absolute Gasteiger partial charge is 0.242 e. The quantitative estimate of drug-likeness (QED) is 0.886. The molecule has 0 aromatic heterocycles. The summed E-state index contributed by atoms with van der Waals surface area (Å²) in [7, 11) is 0. The highest BCUT2D eigenvalue weighted by Crippen LogP contribution is 2.28. The van der Waals surface area contributed by atoms with Gasteiger partial charge in [-0.05, 0) is 32.0 Å². The Hall–Kier alpha value is -0.620. The number of amides is 1. The first-order valence-corrected chi connectivity index (χ1v) is 7.67. The summed E-state index contributed by atoms with van der Waals surface area (Å²) >= 11 is 7.84. The number of halogens is 2. The van der Waals surface area contributed by atoms with E-state index < -0.39 is 0 Å². The number of benzene rings is 1. The van der Waals surface area contributed by atoms with Crippen molar-refractivity contribution >= 4 is 47.4 Å². The van der Waals surface area contributed by atoms with Crippen molar-refractivity contribution in [2.45, 2.75) is 26.0 Å². The molecular formula is C13H18Cl2N2O2S. The van der Waals surface area contributed by atoms with Crippen LogP contribution in [0.25, 0.3) is 0 Å². The molecule has 0 bridgehead atoms. The highest BCUT2D eigenvalue weighted by atomic mass is 35.5. The van der Waals surface area contributed by atoms with E-state index in [1.807, 2.05) is 13.8 Å². The van der Waals surface area contributed by atoms with Gasteiger partial charge in [-0.3, -0.25) is 10.1 Å². The summed E-state index contributed by atoms with van der Waals surface area (Å²) in [5, 5.41) is 6.47. The monoisotopic (exact) mass is 336 g/mol. The lowest BCUT2D eigenvalue weighted by Crippen LogP contribution is -2.37. The maximum Gasteiger partial charge on any atom is 0.242 e. The zero-order valence-corrected chi connectivity index (χ0v) is 13.7. The second-order valence-corrected chi connectivity index (χ2v) is 6.01. The molecule has 1 aliphatic heterocycles. The van der Waals surface area contributed by atoms with E-state index in [1.54, 1.807) is 30.0 Å². The molecule has 1 aromatic carbocycles. The molecule has 112 valence electrons. The highest BCUT2D eigenvalue weighted by molar-refractivity contribution is 7.99. The summed E-state index contributed by atoms with van der Waals surface area (Å²) in [6, 6.07) is 5.15. The zero-order valence-electron chi connectivity index (χ0n) is 11.3. The molecule has 2 N–H and O–H groups in total. The molecule has 2 rings (SSSR count). The number of ether oxygens (including phenoxy) is 1. The molecule has 20 heavy (non-hydrogen) atoms. The Kier molecular flexibility index (Phi) is 6.95. The van der Waals surface area contributed by atoms with Gasteiger partial charge in [-0.15, -0.1) is 24.2 Å². The van der Waals surface area contributed by atoms with E-state index in [4.69, 9.17) is 16.3 Å². The lowest BCUT2D eigenvalue weighted by molar-refractivity contribution is -0.117. The van der Waals surface area contributed by atoms with E-state index in [9.17, 15) is 4.79 Å². The summed E-state index contributed by atoms with van der Waals surface area (Å²) in [6.45, 7) is 3.88. The van der Waals surface area contributed by atoms with Crippen LogP contribution in [0.3, 0.4) is 0 Å². The van der Waals surface area contributed by atoms with Crippen molar-refractivity contribution in [1.29, 1.82) is 0 Å². The predicted molar refractivity (Wildman–Crippen MR) is 87.3 cm³/mol. The van der Waals surface area contributed by atoms with Gasteiger partial charge in [0.2, 0.25) is 5.91 Å². The highest BCUT2D eigenvalue weighted by Gasteiger charge is 2.22. The van der Waals surface area contributed by atoms with Crippen LogP contribution in [-0.4, -0.2) is 29.7 Å². The second kappa shape index (κ2) is 7.98. The molecule has 1 atom stereocenters. The third-order valence-corrected chi connectivity index (χ3v) is 3.83. The number of hydrogen-bond donors (Lipinski definition) is 2. The molecule has 1 unspecified atom stereocenters. The van der Waals surface area contributed by atoms with Crippen molar-refractivity contribution in [1.82, 2.24) is 5.32 Å². The van der Waals surface area contributed by atoms with Crippen molar-refractivity contribution in [3.8, 4) is 5.75 Å². The van der Waals surface area contributed by atoms with Crippen LogP contribution in [0.15, 0.2) is 18.2 Å². The largest absolute Gasteiger partial charge is 0.489 e. The minimum absolute atomic E-state index is 0. The number of carbonyl (C=O) groups is 1. The van der Waals surface area contributed by atoms with E-state index in [1.165, 1.54) is 0 Å². The van der Waals surface area contributed by atoms with E-state index in [0.717, 1.165) is 11.6 Å². The van der Waals surface area contributed by atoms with Gasteiger partial charge in [0.25, 0.3) is 0 Å². The van der Waals surface area contributed by atoms with Crippen LogP contribution in [0.5, 0.6) is 5.75 Å². The number of hydrogen-bond acceptors (Lipinski definition) is 4. The van der Waals surface area contributed by atoms with E-state index in [-0.39, 0.29) is 30.5 Å². The van der Waals surface area contributed by atoms with Gasteiger partial charge in [0, 0.05) is 17.3 Å². The average Bonchev–Trinajstić information content (AvgIpc) is 2.86. The van der Waals surface area contributed by atoms with Crippen LogP contribution in [0.1, 0.15) is 13.8 Å². The van der Waals surface area contributed by atoms with Gasteiger partial charge >= 0.3 is 0 Å². The Morgan fingerprint density at radius 3 is 2.85 bits per heavy atom. The minimum atomic E-state index is -0.129. The molecule has 1 fully saturated rings. The molecule has 1 aromatic rings. The number of nitrogens with one attached hydrogen (secondary N) is 2. The fourth-order valence-corrected chi connectivity index (χ4v) is 2.89. The molecule has 4 nitrogen and oxygen atoms in total. The third-order valence-electron chi connectivity index (χ3n) is 2.59. The van der Waals surface area contributed by atoms with Gasteiger partial charge in [0.05, 0.1) is 17.2 Å². The molecule has 7 heteroatoms. The van der Waals surface area contributed by atoms with E-state index >= 15 is 0 Å². The van der Waals surface area contributed by atoms with Gasteiger partial charge in [0.1, 0.15) is 5.75 Å². The van der Waals surface area contributed by atoms with Crippen LogP contribution in [-0.2, 0) is 4.79 Å². The summed E-state index contributed by atoms with van der Waals surface area (Å²) < 4.78 is 5.54. The Bertz CT molecular complexity index is 466. The summed E-state index contributed by atoms with van der Waals surface area (Å²) in [5.41, 5.74) is 0.685. The fraction of sp³-hybridized carbons (Fsp3) is 0.462. The zero-order chi connectivity index (χ0) is 13.8. The molecule has 1 amide bonds. The first-order valence-electron chi connectivity index (χ1n) is 6.14. The third kappa shape index (κ3) is 4.74. The van der Waals surface area contributed by atoms with Crippen LogP contribution >= 0.6 is 35.8 Å². The molecule has 0 radical (unpaired) electrons. The molecule has 0 saturated carbocycles. The van der Waals surface area contributed by atoms with Crippen LogP contribution in [0.4, 0.5) is 5.69 Å². The van der Waals surface area contributed by atoms with Crippen molar-refractivity contribution in [3.05, 3.63) is 23.2 Å². The normalized spacial score (nSPS) is 17.7. The van der Waals surface area contributed by atoms with Gasteiger partial charge in [-0.2, -0.15) is 0 Å². The SMILES string of the molecule is CC(C)Oc1ccc(NC(=O)C2CSCN2)cc1Cl.Cl.